The molecule has 23 heavy (non-hydrogen) atoms. The molecule has 0 aliphatic rings. The van der Waals surface area contributed by atoms with E-state index in [1.54, 1.807) is 23.0 Å². The van der Waals surface area contributed by atoms with Crippen molar-refractivity contribution in [1.29, 1.82) is 0 Å². The summed E-state index contributed by atoms with van der Waals surface area (Å²) >= 11 is 2.95. The fourth-order valence-corrected chi connectivity index (χ4v) is 3.37. The molecule has 10 heteroatoms. The fraction of sp³-hybridized carbons (Fsp3) is 0.385. The lowest BCUT2D eigenvalue weighted by molar-refractivity contribution is 0.189. The highest BCUT2D eigenvalue weighted by atomic mass is 32.2. The normalized spacial score (nSPS) is 11.2. The van der Waals surface area contributed by atoms with Gasteiger partial charge in [0, 0.05) is 31.2 Å². The van der Waals surface area contributed by atoms with Crippen molar-refractivity contribution in [2.75, 3.05) is 13.7 Å². The summed E-state index contributed by atoms with van der Waals surface area (Å²) in [5.41, 5.74) is 0.708. The Balaban J connectivity index is 1.63. The number of methoxy groups -OCH3 is 1. The van der Waals surface area contributed by atoms with Crippen molar-refractivity contribution in [3.8, 4) is 11.4 Å². The lowest BCUT2D eigenvalue weighted by Gasteiger charge is -2.03. The van der Waals surface area contributed by atoms with Gasteiger partial charge in [-0.2, -0.15) is 16.3 Å². The van der Waals surface area contributed by atoms with Crippen LogP contribution < -0.4 is 5.69 Å². The second-order valence-electron chi connectivity index (χ2n) is 4.62. The van der Waals surface area contributed by atoms with Crippen LogP contribution >= 0.6 is 23.1 Å². The molecule has 8 nitrogen and oxygen atoms in total. The van der Waals surface area contributed by atoms with E-state index in [1.807, 2.05) is 16.8 Å². The maximum atomic E-state index is 11.7. The minimum atomic E-state index is -0.229. The minimum absolute atomic E-state index is 0.229. The number of rotatable bonds is 8. The number of nitrogens with one attached hydrogen (secondary N) is 1. The first-order valence-corrected chi connectivity index (χ1v) is 8.83. The van der Waals surface area contributed by atoms with E-state index in [-0.39, 0.29) is 5.69 Å². The molecule has 3 rings (SSSR count). The van der Waals surface area contributed by atoms with Crippen molar-refractivity contribution in [2.24, 2.45) is 0 Å². The molecule has 3 heterocycles. The predicted molar refractivity (Wildman–Crippen MR) is 86.5 cm³/mol. The third-order valence-corrected chi connectivity index (χ3v) is 4.67. The average molecular weight is 353 g/mol. The molecule has 0 saturated heterocycles. The lowest BCUT2D eigenvalue weighted by atomic mass is 10.3. The summed E-state index contributed by atoms with van der Waals surface area (Å²) in [6.07, 6.45) is 0.742. The van der Waals surface area contributed by atoms with E-state index < -0.39 is 0 Å². The van der Waals surface area contributed by atoms with Crippen LogP contribution in [0.4, 0.5) is 0 Å². The Morgan fingerprint density at radius 2 is 2.43 bits per heavy atom. The van der Waals surface area contributed by atoms with E-state index in [0.717, 1.165) is 12.0 Å². The van der Waals surface area contributed by atoms with Gasteiger partial charge in [-0.3, -0.25) is 4.57 Å². The largest absolute Gasteiger partial charge is 0.385 e. The first kappa shape index (κ1) is 16.0. The zero-order valence-electron chi connectivity index (χ0n) is 12.4. The van der Waals surface area contributed by atoms with E-state index in [9.17, 15) is 4.79 Å². The molecule has 0 bridgehead atoms. The highest BCUT2D eigenvalue weighted by molar-refractivity contribution is 7.98. The number of hydrogen-bond acceptors (Lipinski definition) is 8. The van der Waals surface area contributed by atoms with Gasteiger partial charge in [0.1, 0.15) is 0 Å². The molecule has 3 aromatic heterocycles. The van der Waals surface area contributed by atoms with E-state index >= 15 is 0 Å². The van der Waals surface area contributed by atoms with Crippen molar-refractivity contribution in [3.63, 3.8) is 0 Å². The van der Waals surface area contributed by atoms with Gasteiger partial charge in [-0.25, -0.2) is 9.89 Å². The van der Waals surface area contributed by atoms with Crippen molar-refractivity contribution in [3.05, 3.63) is 33.2 Å². The first-order chi connectivity index (χ1) is 11.3. The van der Waals surface area contributed by atoms with Gasteiger partial charge in [-0.1, -0.05) is 16.9 Å². The number of hydrogen-bond donors (Lipinski definition) is 1. The highest BCUT2D eigenvalue weighted by Crippen LogP contribution is 2.22. The highest BCUT2D eigenvalue weighted by Gasteiger charge is 2.13. The lowest BCUT2D eigenvalue weighted by Crippen LogP contribution is -2.18. The van der Waals surface area contributed by atoms with E-state index in [4.69, 9.17) is 9.26 Å². The minimum Gasteiger partial charge on any atom is -0.385 e. The van der Waals surface area contributed by atoms with Crippen LogP contribution in [-0.2, 0) is 17.0 Å². The van der Waals surface area contributed by atoms with Gasteiger partial charge in [-0.15, -0.1) is 5.10 Å². The summed E-state index contributed by atoms with van der Waals surface area (Å²) in [5.74, 6) is 1.52. The summed E-state index contributed by atoms with van der Waals surface area (Å²) in [6, 6.07) is 1.94. The molecule has 0 aliphatic carbocycles. The van der Waals surface area contributed by atoms with Gasteiger partial charge in [0.05, 0.1) is 5.75 Å². The Labute approximate surface area is 139 Å². The summed E-state index contributed by atoms with van der Waals surface area (Å²) < 4.78 is 11.8. The van der Waals surface area contributed by atoms with Crippen LogP contribution in [0, 0.1) is 0 Å². The van der Waals surface area contributed by atoms with Gasteiger partial charge in [0.2, 0.25) is 11.7 Å². The number of ether oxygens (including phenoxy) is 1. The Morgan fingerprint density at radius 3 is 3.22 bits per heavy atom. The first-order valence-electron chi connectivity index (χ1n) is 6.90. The van der Waals surface area contributed by atoms with Crippen molar-refractivity contribution >= 4 is 23.1 Å². The molecule has 0 fully saturated rings. The summed E-state index contributed by atoms with van der Waals surface area (Å²) in [6.45, 7) is 1.14. The number of nitrogens with zero attached hydrogens (tertiary/aromatic N) is 4. The van der Waals surface area contributed by atoms with Crippen molar-refractivity contribution < 1.29 is 9.26 Å². The number of aromatic nitrogens is 5. The molecule has 0 aromatic carbocycles. The SMILES string of the molecule is COCCCn1c(SCc2nc(-c3ccsc3)no2)n[nH]c1=O. The molecule has 0 atom stereocenters. The maximum absolute atomic E-state index is 11.7. The molecule has 0 radical (unpaired) electrons. The van der Waals surface area contributed by atoms with Gasteiger partial charge in [0.25, 0.3) is 0 Å². The molecule has 3 aromatic rings. The zero-order valence-corrected chi connectivity index (χ0v) is 14.0. The molecule has 0 saturated carbocycles. The molecule has 0 amide bonds. The van der Waals surface area contributed by atoms with Gasteiger partial charge in [-0.05, 0) is 17.9 Å². The molecular weight excluding hydrogens is 338 g/mol. The fourth-order valence-electron chi connectivity index (χ4n) is 1.93. The predicted octanol–water partition coefficient (Wildman–Crippen LogP) is 2.01. The molecule has 122 valence electrons. The van der Waals surface area contributed by atoms with E-state index in [1.165, 1.54) is 11.8 Å². The summed E-state index contributed by atoms with van der Waals surface area (Å²) in [7, 11) is 1.63. The third-order valence-electron chi connectivity index (χ3n) is 3.03. The second-order valence-corrected chi connectivity index (χ2v) is 6.34. The second kappa shape index (κ2) is 7.57. The maximum Gasteiger partial charge on any atom is 0.343 e. The number of aromatic amines is 1. The van der Waals surface area contributed by atoms with Crippen LogP contribution in [0.15, 0.2) is 31.3 Å². The zero-order chi connectivity index (χ0) is 16.1. The van der Waals surface area contributed by atoms with E-state index in [0.29, 0.717) is 35.8 Å². The number of thiophene rings is 1. The van der Waals surface area contributed by atoms with Crippen LogP contribution in [0.3, 0.4) is 0 Å². The molecule has 0 aliphatic heterocycles. The van der Waals surface area contributed by atoms with Crippen LogP contribution in [0.25, 0.3) is 11.4 Å². The monoisotopic (exact) mass is 353 g/mol. The van der Waals surface area contributed by atoms with Crippen LogP contribution in [0.2, 0.25) is 0 Å². The van der Waals surface area contributed by atoms with Crippen LogP contribution in [0.1, 0.15) is 12.3 Å². The number of thioether (sulfide) groups is 1. The van der Waals surface area contributed by atoms with Crippen molar-refractivity contribution in [1.82, 2.24) is 24.9 Å². The quantitative estimate of drug-likeness (QED) is 0.488. The Hall–Kier alpha value is -1.91. The molecule has 1 N–H and O–H groups in total. The Bertz CT molecular complexity index is 793. The standard InChI is InChI=1S/C13H15N5O3S2/c1-20-5-2-4-18-12(19)15-16-13(18)23-8-10-14-11(17-21-10)9-3-6-22-7-9/h3,6-7H,2,4-5,8H2,1H3,(H,15,19). The Kier molecular flexibility index (Phi) is 5.26. The third kappa shape index (κ3) is 3.89. The topological polar surface area (TPSA) is 98.8 Å². The smallest absolute Gasteiger partial charge is 0.343 e. The molecule has 0 spiro atoms. The van der Waals surface area contributed by atoms with E-state index in [2.05, 4.69) is 20.3 Å². The molecular formula is C13H15N5O3S2. The molecule has 0 unspecified atom stereocenters. The van der Waals surface area contributed by atoms with Gasteiger partial charge in [0.15, 0.2) is 5.16 Å². The van der Waals surface area contributed by atoms with Crippen LogP contribution in [0.5, 0.6) is 0 Å². The Morgan fingerprint density at radius 1 is 1.52 bits per heavy atom. The average Bonchev–Trinajstić information content (AvgIpc) is 3.27. The summed E-state index contributed by atoms with van der Waals surface area (Å²) in [5, 5.41) is 15.0. The summed E-state index contributed by atoms with van der Waals surface area (Å²) in [4.78, 5) is 16.1. The number of H-pyrrole nitrogens is 1. The van der Waals surface area contributed by atoms with Gasteiger partial charge >= 0.3 is 5.69 Å². The van der Waals surface area contributed by atoms with Crippen molar-refractivity contribution in [2.45, 2.75) is 23.9 Å². The van der Waals surface area contributed by atoms with Gasteiger partial charge < -0.3 is 9.26 Å². The van der Waals surface area contributed by atoms with Crippen LogP contribution in [-0.4, -0.2) is 38.6 Å².